The van der Waals surface area contributed by atoms with Gasteiger partial charge in [-0.2, -0.15) is 17.9 Å². The van der Waals surface area contributed by atoms with E-state index in [2.05, 4.69) is 0 Å². The fourth-order valence-electron chi connectivity index (χ4n) is 4.18. The van der Waals surface area contributed by atoms with Gasteiger partial charge in [0, 0.05) is 35.2 Å². The van der Waals surface area contributed by atoms with Crippen molar-refractivity contribution in [1.82, 2.24) is 13.6 Å². The number of ether oxygens (including phenoxy) is 2. The highest BCUT2D eigenvalue weighted by Gasteiger charge is 2.30. The molecule has 0 aliphatic carbocycles. The second-order valence-corrected chi connectivity index (χ2v) is 10.4. The number of hydrazine groups is 1. The van der Waals surface area contributed by atoms with Crippen molar-refractivity contribution in [3.05, 3.63) is 107 Å². The summed E-state index contributed by atoms with van der Waals surface area (Å²) in [5.41, 5.74) is 9.54. The van der Waals surface area contributed by atoms with Crippen LogP contribution in [-0.4, -0.2) is 39.4 Å². The first-order valence-electron chi connectivity index (χ1n) is 12.3. The van der Waals surface area contributed by atoms with Crippen molar-refractivity contribution in [1.29, 1.82) is 0 Å². The molecule has 40 heavy (non-hydrogen) atoms. The lowest BCUT2D eigenvalue weighted by molar-refractivity contribution is 0.140. The Balaban J connectivity index is 0.00000370. The molecule has 1 atom stereocenters. The number of carbonyl (C=O) groups is 1. The smallest absolute Gasteiger partial charge is 0.416 e. The standard InChI is InChI=1S/C28H27ClFN5O3S.H2S/c29-21-3-10-26(31)25(18-21)20-11-12-34(28(36)38-24-8-4-22(30)5-9-24)27(17-20)19-1-6-23(7-2-19)37-16-15-35(32)39-33-13-14-33;/h1-10,13-14,17-18,27H,11-12,15-16,31-32H2;1H2. The molecule has 4 N–H and O–H groups in total. The Kier molecular flexibility index (Phi) is 9.88. The van der Waals surface area contributed by atoms with Crippen LogP contribution >= 0.6 is 37.2 Å². The molecule has 0 fully saturated rings. The van der Waals surface area contributed by atoms with E-state index < -0.39 is 18.0 Å². The Labute approximate surface area is 248 Å². The molecule has 2 aliphatic rings. The van der Waals surface area contributed by atoms with Gasteiger partial charge in [-0.25, -0.2) is 9.18 Å². The third-order valence-corrected chi connectivity index (χ3v) is 7.26. The molecule has 0 saturated carbocycles. The number of hydrogen-bond acceptors (Lipinski definition) is 8. The first kappa shape index (κ1) is 29.6. The van der Waals surface area contributed by atoms with Gasteiger partial charge in [-0.1, -0.05) is 29.8 Å². The second kappa shape index (κ2) is 13.3. The van der Waals surface area contributed by atoms with Crippen LogP contribution in [0.25, 0.3) is 5.57 Å². The number of anilines is 1. The van der Waals surface area contributed by atoms with E-state index in [9.17, 15) is 9.18 Å². The first-order chi connectivity index (χ1) is 18.9. The number of amides is 1. The summed E-state index contributed by atoms with van der Waals surface area (Å²) < 4.78 is 28.2. The molecule has 0 spiro atoms. The van der Waals surface area contributed by atoms with Crippen LogP contribution in [0.4, 0.5) is 14.9 Å². The largest absolute Gasteiger partial charge is 0.492 e. The number of nitrogens with zero attached hydrogens (tertiary/aromatic N) is 3. The Bertz CT molecular complexity index is 1390. The van der Waals surface area contributed by atoms with Crippen molar-refractivity contribution in [2.45, 2.75) is 12.5 Å². The lowest BCUT2D eigenvalue weighted by atomic mass is 9.91. The first-order valence-corrected chi connectivity index (χ1v) is 13.4. The van der Waals surface area contributed by atoms with Crippen molar-refractivity contribution in [3.8, 4) is 11.5 Å². The molecule has 12 heteroatoms. The normalized spacial score (nSPS) is 15.9. The third kappa shape index (κ3) is 7.64. The van der Waals surface area contributed by atoms with Gasteiger partial charge in [0.05, 0.1) is 24.7 Å². The van der Waals surface area contributed by atoms with Gasteiger partial charge < -0.3 is 15.2 Å². The average molecular weight is 602 g/mol. The molecule has 3 aromatic carbocycles. The van der Waals surface area contributed by atoms with Gasteiger partial charge in [-0.15, -0.1) is 0 Å². The van der Waals surface area contributed by atoms with Gasteiger partial charge >= 0.3 is 6.09 Å². The zero-order valence-corrected chi connectivity index (χ0v) is 23.9. The van der Waals surface area contributed by atoms with Gasteiger partial charge in [0.15, 0.2) is 0 Å². The molecule has 210 valence electrons. The topological polar surface area (TPSA) is 97.1 Å². The number of nitrogen functional groups attached to an aromatic ring is 1. The minimum atomic E-state index is -0.539. The molecule has 3 aromatic rings. The summed E-state index contributed by atoms with van der Waals surface area (Å²) in [5, 5.41) is 0.580. The van der Waals surface area contributed by atoms with Gasteiger partial charge in [-0.3, -0.25) is 15.0 Å². The molecule has 2 heterocycles. The molecule has 1 unspecified atom stereocenters. The van der Waals surface area contributed by atoms with E-state index in [1.54, 1.807) is 21.4 Å². The molecule has 5 rings (SSSR count). The van der Waals surface area contributed by atoms with E-state index in [1.165, 1.54) is 36.4 Å². The van der Waals surface area contributed by atoms with Crippen LogP contribution in [0.15, 0.2) is 85.2 Å². The number of hydrogen-bond donors (Lipinski definition) is 2. The van der Waals surface area contributed by atoms with Crippen molar-refractivity contribution in [2.75, 3.05) is 25.4 Å². The molecular formula is C28H29ClFN5O3S2. The van der Waals surface area contributed by atoms with E-state index in [1.807, 2.05) is 53.1 Å². The van der Waals surface area contributed by atoms with Crippen molar-refractivity contribution in [2.24, 2.45) is 5.84 Å². The fraction of sp³-hybridized carbons (Fsp3) is 0.179. The minimum Gasteiger partial charge on any atom is -0.492 e. The second-order valence-electron chi connectivity index (χ2n) is 8.93. The molecular weight excluding hydrogens is 573 g/mol. The van der Waals surface area contributed by atoms with Crippen molar-refractivity contribution < 1.29 is 18.7 Å². The average Bonchev–Trinajstić information content (AvgIpc) is 3.75. The lowest BCUT2D eigenvalue weighted by Gasteiger charge is -2.34. The Morgan fingerprint density at radius 3 is 2.48 bits per heavy atom. The van der Waals surface area contributed by atoms with Gasteiger partial charge in [0.1, 0.15) is 23.9 Å². The van der Waals surface area contributed by atoms with E-state index >= 15 is 0 Å². The maximum absolute atomic E-state index is 13.3. The quantitative estimate of drug-likeness (QED) is 0.131. The van der Waals surface area contributed by atoms with E-state index in [0.717, 1.165) is 16.7 Å². The van der Waals surface area contributed by atoms with E-state index in [-0.39, 0.29) is 19.2 Å². The SMILES string of the molecule is Nc1ccc(Cl)cc1C1=CC(c2ccc(OCCN(N)SN3C=C3)cc2)N(C(=O)Oc2ccc(F)cc2)CC1.S. The fourth-order valence-corrected chi connectivity index (χ4v) is 4.91. The lowest BCUT2D eigenvalue weighted by Crippen LogP contribution is -2.39. The zero-order valence-electron chi connectivity index (χ0n) is 21.4. The summed E-state index contributed by atoms with van der Waals surface area (Å²) in [6, 6.07) is 17.8. The molecule has 0 saturated heterocycles. The Morgan fingerprint density at radius 2 is 1.77 bits per heavy atom. The highest BCUT2D eigenvalue weighted by atomic mass is 35.5. The monoisotopic (exact) mass is 601 g/mol. The van der Waals surface area contributed by atoms with Crippen LogP contribution < -0.4 is 21.1 Å². The van der Waals surface area contributed by atoms with Crippen molar-refractivity contribution in [3.63, 3.8) is 0 Å². The predicted molar refractivity (Wildman–Crippen MR) is 162 cm³/mol. The Morgan fingerprint density at radius 1 is 1.07 bits per heavy atom. The molecule has 2 aliphatic heterocycles. The number of halogens is 2. The highest BCUT2D eigenvalue weighted by Crippen LogP contribution is 2.37. The van der Waals surface area contributed by atoms with Crippen LogP contribution in [0.5, 0.6) is 11.5 Å². The number of benzene rings is 3. The van der Waals surface area contributed by atoms with E-state index in [4.69, 9.17) is 32.7 Å². The maximum atomic E-state index is 13.3. The molecule has 1 amide bonds. The summed E-state index contributed by atoms with van der Waals surface area (Å²) in [6.07, 6.45) is 5.84. The minimum absolute atomic E-state index is 0. The summed E-state index contributed by atoms with van der Waals surface area (Å²) in [7, 11) is 0. The van der Waals surface area contributed by atoms with Gasteiger partial charge in [0.2, 0.25) is 0 Å². The maximum Gasteiger partial charge on any atom is 0.416 e. The van der Waals surface area contributed by atoms with Crippen LogP contribution in [0.3, 0.4) is 0 Å². The predicted octanol–water partition coefficient (Wildman–Crippen LogP) is 6.11. The molecule has 0 radical (unpaired) electrons. The zero-order chi connectivity index (χ0) is 27.4. The number of rotatable bonds is 9. The number of carbonyl (C=O) groups excluding carboxylic acids is 1. The molecule has 8 nitrogen and oxygen atoms in total. The molecule has 0 bridgehead atoms. The Hall–Kier alpha value is -3.35. The van der Waals surface area contributed by atoms with E-state index in [0.29, 0.717) is 42.6 Å². The summed E-state index contributed by atoms with van der Waals surface area (Å²) in [4.78, 5) is 14.9. The van der Waals surface area contributed by atoms with Crippen LogP contribution in [0, 0.1) is 5.82 Å². The summed E-state index contributed by atoms with van der Waals surface area (Å²) in [6.45, 7) is 1.33. The van der Waals surface area contributed by atoms with Crippen LogP contribution in [0.2, 0.25) is 5.02 Å². The van der Waals surface area contributed by atoms with Crippen LogP contribution in [-0.2, 0) is 0 Å². The summed E-state index contributed by atoms with van der Waals surface area (Å²) >= 11 is 7.64. The highest BCUT2D eigenvalue weighted by molar-refractivity contribution is 7.95. The van der Waals surface area contributed by atoms with Gasteiger partial charge in [0.25, 0.3) is 0 Å². The summed E-state index contributed by atoms with van der Waals surface area (Å²) in [5.74, 6) is 6.47. The van der Waals surface area contributed by atoms with Gasteiger partial charge in [-0.05, 0) is 72.2 Å². The third-order valence-electron chi connectivity index (χ3n) is 6.20. The van der Waals surface area contributed by atoms with Crippen molar-refractivity contribution >= 4 is 54.6 Å². The van der Waals surface area contributed by atoms with Crippen LogP contribution in [0.1, 0.15) is 23.6 Å². The molecule has 0 aromatic heterocycles. The number of nitrogens with two attached hydrogens (primary N) is 2.